The lowest BCUT2D eigenvalue weighted by molar-refractivity contribution is -0.136. The number of nitrogens with zero attached hydrogens (tertiary/aromatic N) is 3. The van der Waals surface area contributed by atoms with Gasteiger partial charge >= 0.3 is 0 Å². The predicted molar refractivity (Wildman–Crippen MR) is 198 cm³/mol. The fourth-order valence-corrected chi connectivity index (χ4v) is 8.03. The zero-order valence-corrected chi connectivity index (χ0v) is 31.2. The number of carbonyl (C=O) groups is 2. The number of β-amino-alcohol motifs (C(OH)–C–C–N with tert-alkyl or cyclic N) is 1. The van der Waals surface area contributed by atoms with Crippen LogP contribution < -0.4 is 15.0 Å². The van der Waals surface area contributed by atoms with Crippen LogP contribution in [0.4, 0.5) is 5.69 Å². The Labute approximate surface area is 299 Å². The largest absolute Gasteiger partial charge is 0.487 e. The topological polar surface area (TPSA) is 85.4 Å². The average Bonchev–Trinajstić information content (AvgIpc) is 3.10. The summed E-state index contributed by atoms with van der Waals surface area (Å²) in [6.07, 6.45) is 8.78. The molecule has 2 aromatic rings. The molecule has 8 nitrogen and oxygen atoms in total. The van der Waals surface area contributed by atoms with Gasteiger partial charge in [-0.2, -0.15) is 0 Å². The molecule has 5 rings (SSSR count). The molecule has 2 heterocycles. The first-order chi connectivity index (χ1) is 23.4. The highest BCUT2D eigenvalue weighted by molar-refractivity contribution is 6.30. The number of hydrogen-bond acceptors (Lipinski definition) is 6. The molecule has 3 aliphatic rings. The molecule has 0 unspecified atom stereocenters. The molecule has 270 valence electrons. The first-order valence-corrected chi connectivity index (χ1v) is 19.0. The summed E-state index contributed by atoms with van der Waals surface area (Å²) in [7, 11) is 3.53. The van der Waals surface area contributed by atoms with Crippen LogP contribution >= 0.6 is 11.6 Å². The Morgan fingerprint density at radius 1 is 1.06 bits per heavy atom. The van der Waals surface area contributed by atoms with Crippen molar-refractivity contribution in [2.24, 2.45) is 23.7 Å². The van der Waals surface area contributed by atoms with E-state index in [4.69, 9.17) is 16.3 Å². The quantitative estimate of drug-likeness (QED) is 0.254. The van der Waals surface area contributed by atoms with E-state index in [9.17, 15) is 14.7 Å². The lowest BCUT2D eigenvalue weighted by atomic mass is 9.67. The third-order valence-electron chi connectivity index (χ3n) is 11.6. The van der Waals surface area contributed by atoms with Crippen molar-refractivity contribution in [3.05, 3.63) is 58.1 Å². The maximum Gasteiger partial charge on any atom is 0.251 e. The number of nitrogens with one attached hydrogen (secondary N) is 1. The van der Waals surface area contributed by atoms with Crippen molar-refractivity contribution in [1.29, 1.82) is 0 Å². The van der Waals surface area contributed by atoms with Crippen LogP contribution in [-0.2, 0) is 17.8 Å². The van der Waals surface area contributed by atoms with Gasteiger partial charge in [0, 0.05) is 57.4 Å². The highest BCUT2D eigenvalue weighted by Gasteiger charge is 2.41. The van der Waals surface area contributed by atoms with Crippen LogP contribution in [0.5, 0.6) is 5.75 Å². The molecule has 1 saturated carbocycles. The normalized spacial score (nSPS) is 22.2. The van der Waals surface area contributed by atoms with Gasteiger partial charge < -0.3 is 25.0 Å². The minimum absolute atomic E-state index is 0.113. The summed E-state index contributed by atoms with van der Waals surface area (Å²) < 4.78 is 6.51. The molecule has 1 saturated heterocycles. The van der Waals surface area contributed by atoms with Gasteiger partial charge in [0.15, 0.2) is 0 Å². The number of fused-ring (bicyclic) bond motifs is 2. The van der Waals surface area contributed by atoms with E-state index in [0.717, 1.165) is 99.4 Å². The smallest absolute Gasteiger partial charge is 0.251 e. The molecular formula is C40H59ClN4O4. The molecular weight excluding hydrogens is 636 g/mol. The fraction of sp³-hybridized carbons (Fsp3) is 0.650. The Bertz CT molecular complexity index is 1430. The number of aliphatic hydroxyl groups is 1. The van der Waals surface area contributed by atoms with E-state index in [1.165, 1.54) is 5.56 Å². The molecule has 2 fully saturated rings. The van der Waals surface area contributed by atoms with E-state index in [0.29, 0.717) is 55.5 Å². The average molecular weight is 695 g/mol. The molecule has 1 aliphatic carbocycles. The number of anilines is 1. The van der Waals surface area contributed by atoms with Crippen LogP contribution in [0, 0.1) is 23.7 Å². The van der Waals surface area contributed by atoms with Crippen LogP contribution in [0.25, 0.3) is 0 Å². The number of carbonyl (C=O) groups excluding carboxylic acids is 2. The lowest BCUT2D eigenvalue weighted by Crippen LogP contribution is -2.54. The first kappa shape index (κ1) is 37.4. The summed E-state index contributed by atoms with van der Waals surface area (Å²) in [4.78, 5) is 31.7. The Morgan fingerprint density at radius 2 is 1.86 bits per heavy atom. The predicted octanol–water partition coefficient (Wildman–Crippen LogP) is 6.81. The first-order valence-electron chi connectivity index (χ1n) is 18.6. The zero-order chi connectivity index (χ0) is 35.1. The molecule has 2 N–H and O–H groups in total. The Morgan fingerprint density at radius 3 is 2.57 bits per heavy atom. The number of halogens is 1. The second-order valence-electron chi connectivity index (χ2n) is 15.5. The molecule has 2 aliphatic heterocycles. The van der Waals surface area contributed by atoms with E-state index < -0.39 is 5.60 Å². The van der Waals surface area contributed by atoms with Crippen LogP contribution in [0.15, 0.2) is 36.4 Å². The van der Waals surface area contributed by atoms with Crippen molar-refractivity contribution in [3.8, 4) is 5.75 Å². The van der Waals surface area contributed by atoms with Gasteiger partial charge in [0.05, 0.1) is 17.8 Å². The van der Waals surface area contributed by atoms with Gasteiger partial charge in [-0.25, -0.2) is 0 Å². The molecule has 0 bridgehead atoms. The molecule has 4 atom stereocenters. The summed E-state index contributed by atoms with van der Waals surface area (Å²) in [6, 6.07) is 11.8. The van der Waals surface area contributed by atoms with Crippen LogP contribution in [-0.4, -0.2) is 85.7 Å². The number of rotatable bonds is 12. The minimum Gasteiger partial charge on any atom is -0.487 e. The maximum atomic E-state index is 12.8. The van der Waals surface area contributed by atoms with Crippen molar-refractivity contribution in [1.82, 2.24) is 15.1 Å². The van der Waals surface area contributed by atoms with E-state index in [1.54, 1.807) is 11.9 Å². The fourth-order valence-electron chi connectivity index (χ4n) is 7.83. The minimum atomic E-state index is -0.833. The van der Waals surface area contributed by atoms with Crippen molar-refractivity contribution in [3.63, 3.8) is 0 Å². The van der Waals surface area contributed by atoms with Crippen LogP contribution in [0.2, 0.25) is 5.02 Å². The molecule has 0 spiro atoms. The van der Waals surface area contributed by atoms with E-state index in [-0.39, 0.29) is 11.8 Å². The van der Waals surface area contributed by atoms with Gasteiger partial charge in [-0.3, -0.25) is 14.5 Å². The van der Waals surface area contributed by atoms with Gasteiger partial charge in [0.2, 0.25) is 5.91 Å². The van der Waals surface area contributed by atoms with Gasteiger partial charge in [-0.15, -0.1) is 0 Å². The zero-order valence-electron chi connectivity index (χ0n) is 30.5. The summed E-state index contributed by atoms with van der Waals surface area (Å²) in [6.45, 7) is 11.4. The summed E-state index contributed by atoms with van der Waals surface area (Å²) in [5, 5.41) is 15.9. The highest BCUT2D eigenvalue weighted by atomic mass is 35.5. The maximum absolute atomic E-state index is 12.8. The molecule has 0 radical (unpaired) electrons. The molecule has 0 aromatic heterocycles. The van der Waals surface area contributed by atoms with Crippen molar-refractivity contribution in [2.75, 3.05) is 58.3 Å². The van der Waals surface area contributed by atoms with Crippen molar-refractivity contribution in [2.45, 2.75) is 90.8 Å². The van der Waals surface area contributed by atoms with Gasteiger partial charge in [0.1, 0.15) is 12.4 Å². The second-order valence-corrected chi connectivity index (χ2v) is 16.0. The number of piperazine rings is 1. The molecule has 2 aromatic carbocycles. The number of benzene rings is 2. The Balaban J connectivity index is 1.34. The van der Waals surface area contributed by atoms with Crippen LogP contribution in [0.3, 0.4) is 0 Å². The molecule has 2 amide bonds. The molecule has 9 heteroatoms. The van der Waals surface area contributed by atoms with E-state index in [1.807, 2.05) is 31.3 Å². The van der Waals surface area contributed by atoms with Gasteiger partial charge in [-0.05, 0) is 110 Å². The summed E-state index contributed by atoms with van der Waals surface area (Å²) >= 11 is 6.38. The number of hydrogen-bond donors (Lipinski definition) is 2. The number of aryl methyl sites for hydroxylation is 1. The number of likely N-dealkylation sites (N-methyl/N-ethyl adjacent to an activating group) is 1. The van der Waals surface area contributed by atoms with Crippen molar-refractivity contribution >= 4 is 29.1 Å². The van der Waals surface area contributed by atoms with Gasteiger partial charge in [0.25, 0.3) is 5.91 Å². The lowest BCUT2D eigenvalue weighted by Gasteiger charge is -2.46. The highest BCUT2D eigenvalue weighted by Crippen LogP contribution is 2.44. The standard InChI is InChI=1S/C40H59ClN4O4/c1-28(2)29(3)9-8-17-40(48,27-44-20-19-43(5)38(46)25-44)23-32-11-12-33(32)24-45-18-7-6-10-30-21-35(41)15-13-34(30)26-49-37-16-14-31(22-36(37)45)39(47)42-4/h13-16,21-22,28-29,32-33,48H,6-12,17-20,23-27H2,1-5H3,(H,42,47)/t29-,32-,33-,40-/m0/s1. The van der Waals surface area contributed by atoms with Crippen LogP contribution in [0.1, 0.15) is 93.6 Å². The SMILES string of the molecule is CNC(=O)c1ccc2c(c1)N(C[C@@H]1CC[C@H]1C[C@@](O)(CCC[C@H](C)C(C)C)CN1CCN(C)C(=O)C1)CCCCc1cc(Cl)ccc1CO2. The van der Waals surface area contributed by atoms with Crippen molar-refractivity contribution < 1.29 is 19.4 Å². The second kappa shape index (κ2) is 16.9. The summed E-state index contributed by atoms with van der Waals surface area (Å²) in [5.41, 5.74) is 3.11. The number of amides is 2. The van der Waals surface area contributed by atoms with E-state index >= 15 is 0 Å². The Kier molecular flexibility index (Phi) is 12.9. The Hall–Kier alpha value is -2.81. The number of ether oxygens (including phenoxy) is 1. The molecule has 49 heavy (non-hydrogen) atoms. The monoisotopic (exact) mass is 694 g/mol. The van der Waals surface area contributed by atoms with Gasteiger partial charge in [-0.1, -0.05) is 51.3 Å². The van der Waals surface area contributed by atoms with E-state index in [2.05, 4.69) is 48.0 Å². The third-order valence-corrected chi connectivity index (χ3v) is 11.9. The third kappa shape index (κ3) is 9.92. The summed E-state index contributed by atoms with van der Waals surface area (Å²) in [5.74, 6) is 2.85.